The third-order valence-corrected chi connectivity index (χ3v) is 2.89. The van der Waals surface area contributed by atoms with Gasteiger partial charge in [0, 0.05) is 11.6 Å². The van der Waals surface area contributed by atoms with Crippen molar-refractivity contribution in [3.8, 4) is 0 Å². The zero-order valence-corrected chi connectivity index (χ0v) is 12.1. The molecule has 0 saturated carbocycles. The second-order valence-corrected chi connectivity index (χ2v) is 5.84. The number of hydrogen-bond acceptors (Lipinski definition) is 2. The summed E-state index contributed by atoms with van der Waals surface area (Å²) < 4.78 is 13.5. The van der Waals surface area contributed by atoms with Crippen LogP contribution < -0.4 is 5.32 Å². The Morgan fingerprint density at radius 3 is 2.68 bits per heavy atom. The number of nitrogens with one attached hydrogen (secondary N) is 1. The van der Waals surface area contributed by atoms with E-state index in [0.29, 0.717) is 12.3 Å². The predicted molar refractivity (Wildman–Crippen MR) is 73.8 cm³/mol. The van der Waals surface area contributed by atoms with E-state index in [1.165, 1.54) is 12.1 Å². The summed E-state index contributed by atoms with van der Waals surface area (Å²) in [7, 11) is 0. The number of rotatable bonds is 5. The van der Waals surface area contributed by atoms with Crippen LogP contribution in [0.3, 0.4) is 0 Å². The molecule has 0 radical (unpaired) electrons. The molecule has 0 aliphatic rings. The van der Waals surface area contributed by atoms with Gasteiger partial charge in [0.1, 0.15) is 5.82 Å². The summed E-state index contributed by atoms with van der Waals surface area (Å²) in [6.45, 7) is 5.68. The predicted octanol–water partition coefficient (Wildman–Crippen LogP) is 3.01. The van der Waals surface area contributed by atoms with Gasteiger partial charge in [0.25, 0.3) is 5.91 Å². The normalized spacial score (nSPS) is 14.3. The maximum Gasteiger partial charge on any atom is 0.254 e. The number of amides is 1. The first-order valence-electron chi connectivity index (χ1n) is 6.17. The third kappa shape index (κ3) is 5.17. The van der Waals surface area contributed by atoms with Gasteiger partial charge in [-0.05, 0) is 37.5 Å². The Labute approximate surface area is 117 Å². The van der Waals surface area contributed by atoms with E-state index in [2.05, 4.69) is 5.32 Å². The first-order chi connectivity index (χ1) is 8.71. The molecule has 0 aromatic heterocycles. The highest BCUT2D eigenvalue weighted by Crippen LogP contribution is 2.17. The van der Waals surface area contributed by atoms with Crippen molar-refractivity contribution in [1.29, 1.82) is 0 Å². The molecule has 1 aromatic rings. The molecule has 0 bridgehead atoms. The van der Waals surface area contributed by atoms with E-state index in [1.807, 2.05) is 13.8 Å². The lowest BCUT2D eigenvalue weighted by Crippen LogP contribution is -2.41. The maximum atomic E-state index is 13.5. The largest absolute Gasteiger partial charge is 0.388 e. The van der Waals surface area contributed by atoms with Crippen molar-refractivity contribution in [2.45, 2.75) is 32.8 Å². The van der Waals surface area contributed by atoms with Crippen molar-refractivity contribution < 1.29 is 14.3 Å². The highest BCUT2D eigenvalue weighted by molar-refractivity contribution is 6.30. The maximum absolute atomic E-state index is 13.5. The van der Waals surface area contributed by atoms with Crippen LogP contribution in [0.1, 0.15) is 37.6 Å². The summed E-state index contributed by atoms with van der Waals surface area (Å²) in [6, 6.07) is 3.86. The van der Waals surface area contributed by atoms with Crippen molar-refractivity contribution in [2.75, 3.05) is 6.54 Å². The van der Waals surface area contributed by atoms with Crippen LogP contribution in [-0.4, -0.2) is 23.2 Å². The molecule has 3 nitrogen and oxygen atoms in total. The lowest BCUT2D eigenvalue weighted by atomic mass is 9.94. The first kappa shape index (κ1) is 15.9. The molecule has 1 unspecified atom stereocenters. The quantitative estimate of drug-likeness (QED) is 0.875. The Morgan fingerprint density at radius 2 is 2.16 bits per heavy atom. The zero-order valence-electron chi connectivity index (χ0n) is 11.3. The molecular formula is C14H19ClFNO2. The summed E-state index contributed by atoms with van der Waals surface area (Å²) in [5, 5.41) is 12.8. The van der Waals surface area contributed by atoms with Gasteiger partial charge in [0.2, 0.25) is 0 Å². The van der Waals surface area contributed by atoms with E-state index in [9.17, 15) is 14.3 Å². The molecule has 0 spiro atoms. The molecule has 2 N–H and O–H groups in total. The van der Waals surface area contributed by atoms with Gasteiger partial charge in [-0.25, -0.2) is 4.39 Å². The lowest BCUT2D eigenvalue weighted by molar-refractivity contribution is 0.0367. The number of aliphatic hydroxyl groups is 1. The Kier molecular flexibility index (Phi) is 5.32. The molecule has 1 aromatic carbocycles. The van der Waals surface area contributed by atoms with E-state index < -0.39 is 17.3 Å². The van der Waals surface area contributed by atoms with Gasteiger partial charge in [0.15, 0.2) is 0 Å². The van der Waals surface area contributed by atoms with Gasteiger partial charge < -0.3 is 10.4 Å². The molecule has 1 amide bonds. The van der Waals surface area contributed by atoms with Crippen LogP contribution in [0.2, 0.25) is 5.02 Å². The van der Waals surface area contributed by atoms with Crippen LogP contribution in [0.15, 0.2) is 18.2 Å². The Balaban J connectivity index is 2.65. The molecule has 1 atom stereocenters. The Hall–Kier alpha value is -1.13. The molecule has 0 saturated heterocycles. The second-order valence-electron chi connectivity index (χ2n) is 5.40. The molecule has 0 fully saturated rings. The number of halogens is 2. The van der Waals surface area contributed by atoms with Crippen molar-refractivity contribution in [2.24, 2.45) is 5.92 Å². The van der Waals surface area contributed by atoms with Gasteiger partial charge in [-0.1, -0.05) is 25.4 Å². The number of hydrogen-bond donors (Lipinski definition) is 2. The summed E-state index contributed by atoms with van der Waals surface area (Å²) in [5.41, 5.74) is -1.09. The third-order valence-electron chi connectivity index (χ3n) is 2.65. The van der Waals surface area contributed by atoms with Crippen LogP contribution in [0, 0.1) is 11.7 Å². The molecule has 5 heteroatoms. The smallest absolute Gasteiger partial charge is 0.254 e. The van der Waals surface area contributed by atoms with E-state index >= 15 is 0 Å². The summed E-state index contributed by atoms with van der Waals surface area (Å²) in [6.07, 6.45) is 0.552. The topological polar surface area (TPSA) is 49.3 Å². The monoisotopic (exact) mass is 287 g/mol. The summed E-state index contributed by atoms with van der Waals surface area (Å²) in [4.78, 5) is 11.8. The van der Waals surface area contributed by atoms with Crippen molar-refractivity contribution in [3.63, 3.8) is 0 Å². The van der Waals surface area contributed by atoms with E-state index in [4.69, 9.17) is 11.6 Å². The van der Waals surface area contributed by atoms with Crippen LogP contribution in [0.5, 0.6) is 0 Å². The fourth-order valence-electron chi connectivity index (χ4n) is 1.99. The Morgan fingerprint density at radius 1 is 1.53 bits per heavy atom. The van der Waals surface area contributed by atoms with Gasteiger partial charge in [-0.3, -0.25) is 4.79 Å². The van der Waals surface area contributed by atoms with Crippen molar-refractivity contribution in [3.05, 3.63) is 34.6 Å². The number of carbonyl (C=O) groups excluding carboxylic acids is 1. The molecule has 0 heterocycles. The van der Waals surface area contributed by atoms with Crippen LogP contribution in [-0.2, 0) is 0 Å². The van der Waals surface area contributed by atoms with Crippen LogP contribution in [0.25, 0.3) is 0 Å². The Bertz CT molecular complexity index is 461. The molecule has 106 valence electrons. The van der Waals surface area contributed by atoms with Gasteiger partial charge in [0.05, 0.1) is 11.2 Å². The van der Waals surface area contributed by atoms with Gasteiger partial charge >= 0.3 is 0 Å². The molecule has 19 heavy (non-hydrogen) atoms. The minimum absolute atomic E-state index is 0.0755. The van der Waals surface area contributed by atoms with Crippen molar-refractivity contribution >= 4 is 17.5 Å². The average molecular weight is 288 g/mol. The van der Waals surface area contributed by atoms with E-state index in [-0.39, 0.29) is 17.1 Å². The van der Waals surface area contributed by atoms with Crippen LogP contribution >= 0.6 is 11.6 Å². The van der Waals surface area contributed by atoms with Gasteiger partial charge in [-0.15, -0.1) is 0 Å². The van der Waals surface area contributed by atoms with Crippen molar-refractivity contribution in [1.82, 2.24) is 5.32 Å². The fourth-order valence-corrected chi connectivity index (χ4v) is 2.15. The molecule has 0 aliphatic carbocycles. The number of benzene rings is 1. The minimum Gasteiger partial charge on any atom is -0.388 e. The van der Waals surface area contributed by atoms with Gasteiger partial charge in [-0.2, -0.15) is 0 Å². The van der Waals surface area contributed by atoms with Crippen LogP contribution in [0.4, 0.5) is 4.39 Å². The zero-order chi connectivity index (χ0) is 14.6. The molecular weight excluding hydrogens is 269 g/mol. The minimum atomic E-state index is -1.01. The molecule has 0 aliphatic heterocycles. The molecule has 1 rings (SSSR count). The summed E-state index contributed by atoms with van der Waals surface area (Å²) >= 11 is 5.62. The second kappa shape index (κ2) is 6.35. The average Bonchev–Trinajstić information content (AvgIpc) is 2.24. The fraction of sp³-hybridized carbons (Fsp3) is 0.500. The summed E-state index contributed by atoms with van der Waals surface area (Å²) in [5.74, 6) is -0.925. The highest BCUT2D eigenvalue weighted by Gasteiger charge is 2.23. The standard InChI is InChI=1S/C14H19ClFNO2/c1-9(2)7-14(3,19)8-17-13(18)11-5-4-10(15)6-12(11)16/h4-6,9,19H,7-8H2,1-3H3,(H,17,18). The SMILES string of the molecule is CC(C)CC(C)(O)CNC(=O)c1ccc(Cl)cc1F. The van der Waals surface area contributed by atoms with E-state index in [0.717, 1.165) is 6.07 Å². The first-order valence-corrected chi connectivity index (χ1v) is 6.55. The highest BCUT2D eigenvalue weighted by atomic mass is 35.5. The number of carbonyl (C=O) groups is 1. The van der Waals surface area contributed by atoms with E-state index in [1.54, 1.807) is 6.92 Å². The lowest BCUT2D eigenvalue weighted by Gasteiger charge is -2.25.